The molecule has 2 heteroatoms. The molecule has 2 nitrogen and oxygen atoms in total. The first-order valence-corrected chi connectivity index (χ1v) is 6.55. The number of rotatable bonds is 4. The van der Waals surface area contributed by atoms with Gasteiger partial charge in [0, 0.05) is 16.7 Å². The van der Waals surface area contributed by atoms with Gasteiger partial charge in [-0.1, -0.05) is 55.7 Å². The van der Waals surface area contributed by atoms with Gasteiger partial charge in [0.2, 0.25) is 0 Å². The van der Waals surface area contributed by atoms with E-state index in [2.05, 4.69) is 13.2 Å². The van der Waals surface area contributed by atoms with Crippen molar-refractivity contribution in [3.63, 3.8) is 0 Å². The van der Waals surface area contributed by atoms with Gasteiger partial charge >= 0.3 is 5.97 Å². The van der Waals surface area contributed by atoms with E-state index in [1.807, 2.05) is 49.4 Å². The first-order valence-electron chi connectivity index (χ1n) is 6.55. The lowest BCUT2D eigenvalue weighted by Crippen LogP contribution is -2.11. The van der Waals surface area contributed by atoms with Crippen LogP contribution in [-0.4, -0.2) is 5.97 Å². The molecular weight excluding hydrogens is 248 g/mol. The summed E-state index contributed by atoms with van der Waals surface area (Å²) in [7, 11) is 0. The monoisotopic (exact) mass is 266 g/mol. The van der Waals surface area contributed by atoms with Crippen molar-refractivity contribution < 1.29 is 9.53 Å². The zero-order chi connectivity index (χ0) is 14.7. The molecule has 0 aromatic heterocycles. The Bertz CT molecular complexity index is 633. The first kappa shape index (κ1) is 14.1. The molecule has 0 aliphatic heterocycles. The minimum atomic E-state index is -0.389. The van der Waals surface area contributed by atoms with E-state index < -0.39 is 0 Å². The highest BCUT2D eigenvalue weighted by Crippen LogP contribution is 2.43. The second-order valence-corrected chi connectivity index (χ2v) is 4.73. The van der Waals surface area contributed by atoms with Crippen LogP contribution in [0.2, 0.25) is 0 Å². The number of carbonyl (C=O) groups is 1. The van der Waals surface area contributed by atoms with E-state index in [0.717, 1.165) is 22.3 Å². The number of allylic oxidation sites excluding steroid dienone is 3. The molecule has 0 saturated carbocycles. The summed E-state index contributed by atoms with van der Waals surface area (Å²) >= 11 is 0. The molecule has 0 N–H and O–H groups in total. The quantitative estimate of drug-likeness (QED) is 0.597. The van der Waals surface area contributed by atoms with Crippen molar-refractivity contribution in [3.8, 4) is 0 Å². The lowest BCUT2D eigenvalue weighted by molar-refractivity contribution is -0.142. The van der Waals surface area contributed by atoms with Crippen molar-refractivity contribution in [2.45, 2.75) is 20.0 Å². The zero-order valence-corrected chi connectivity index (χ0v) is 11.8. The topological polar surface area (TPSA) is 26.3 Å². The highest BCUT2D eigenvalue weighted by Gasteiger charge is 2.31. The van der Waals surface area contributed by atoms with E-state index in [-0.39, 0.29) is 12.1 Å². The van der Waals surface area contributed by atoms with Crippen LogP contribution in [0.1, 0.15) is 31.1 Å². The number of hydrogen-bond acceptors (Lipinski definition) is 2. The third-order valence-corrected chi connectivity index (χ3v) is 3.25. The molecule has 0 bridgehead atoms. The van der Waals surface area contributed by atoms with Crippen molar-refractivity contribution in [1.29, 1.82) is 0 Å². The Morgan fingerprint density at radius 3 is 2.65 bits per heavy atom. The van der Waals surface area contributed by atoms with Crippen LogP contribution in [0.4, 0.5) is 0 Å². The fourth-order valence-electron chi connectivity index (χ4n) is 2.35. The SMILES string of the molecule is C=CC1=C(/C=C\C)C(OC(=O)C(=C)C)c2ccccc21. The van der Waals surface area contributed by atoms with Gasteiger partial charge in [-0.05, 0) is 25.0 Å². The van der Waals surface area contributed by atoms with Gasteiger partial charge < -0.3 is 4.74 Å². The van der Waals surface area contributed by atoms with Crippen LogP contribution in [0.3, 0.4) is 0 Å². The van der Waals surface area contributed by atoms with Gasteiger partial charge in [0.25, 0.3) is 0 Å². The third-order valence-electron chi connectivity index (χ3n) is 3.25. The van der Waals surface area contributed by atoms with E-state index in [0.29, 0.717) is 5.57 Å². The molecular formula is C18H18O2. The molecule has 1 aromatic carbocycles. The van der Waals surface area contributed by atoms with Crippen LogP contribution in [-0.2, 0) is 9.53 Å². The molecule has 20 heavy (non-hydrogen) atoms. The Morgan fingerprint density at radius 1 is 1.35 bits per heavy atom. The Balaban J connectivity index is 2.52. The minimum Gasteiger partial charge on any atom is -0.449 e. The molecule has 0 amide bonds. The predicted octanol–water partition coefficient (Wildman–Crippen LogP) is 4.38. The summed E-state index contributed by atoms with van der Waals surface area (Å²) in [5.41, 5.74) is 4.42. The number of hydrogen-bond donors (Lipinski definition) is 0. The molecule has 1 unspecified atom stereocenters. The standard InChI is InChI=1S/C18H18O2/c1-5-9-15-13(6-2)14-10-7-8-11-16(14)17(15)20-18(19)12(3)4/h5-11,17H,2-3H2,1,4H3/b9-5-. The average Bonchev–Trinajstić information content (AvgIpc) is 2.73. The van der Waals surface area contributed by atoms with Crippen molar-refractivity contribution in [2.24, 2.45) is 0 Å². The van der Waals surface area contributed by atoms with Gasteiger partial charge in [0.1, 0.15) is 0 Å². The summed E-state index contributed by atoms with van der Waals surface area (Å²) in [4.78, 5) is 11.9. The van der Waals surface area contributed by atoms with E-state index in [4.69, 9.17) is 4.74 Å². The summed E-state index contributed by atoms with van der Waals surface area (Å²) in [6.45, 7) is 11.1. The summed E-state index contributed by atoms with van der Waals surface area (Å²) in [6.07, 6.45) is 5.32. The highest BCUT2D eigenvalue weighted by molar-refractivity contribution is 5.90. The number of ether oxygens (including phenoxy) is 1. The Labute approximate surface area is 119 Å². The van der Waals surface area contributed by atoms with Crippen LogP contribution in [0.15, 0.2) is 66.8 Å². The molecule has 1 atom stereocenters. The highest BCUT2D eigenvalue weighted by atomic mass is 16.5. The van der Waals surface area contributed by atoms with Gasteiger partial charge in [-0.25, -0.2) is 4.79 Å². The molecule has 1 aromatic rings. The molecule has 0 saturated heterocycles. The van der Waals surface area contributed by atoms with Gasteiger partial charge in [0.15, 0.2) is 6.10 Å². The number of fused-ring (bicyclic) bond motifs is 1. The van der Waals surface area contributed by atoms with E-state index in [9.17, 15) is 4.79 Å². The van der Waals surface area contributed by atoms with Crippen LogP contribution in [0, 0.1) is 0 Å². The van der Waals surface area contributed by atoms with Gasteiger partial charge in [-0.2, -0.15) is 0 Å². The van der Waals surface area contributed by atoms with Crippen LogP contribution < -0.4 is 0 Å². The molecule has 2 rings (SSSR count). The summed E-state index contributed by atoms with van der Waals surface area (Å²) < 4.78 is 5.60. The fraction of sp³-hybridized carbons (Fsp3) is 0.167. The lowest BCUT2D eigenvalue weighted by Gasteiger charge is -2.16. The Morgan fingerprint density at radius 2 is 2.05 bits per heavy atom. The molecule has 0 spiro atoms. The van der Waals surface area contributed by atoms with Crippen molar-refractivity contribution in [2.75, 3.05) is 0 Å². The largest absolute Gasteiger partial charge is 0.449 e. The fourth-order valence-corrected chi connectivity index (χ4v) is 2.35. The van der Waals surface area contributed by atoms with E-state index in [1.165, 1.54) is 0 Å². The first-order chi connectivity index (χ1) is 9.60. The van der Waals surface area contributed by atoms with Crippen molar-refractivity contribution in [1.82, 2.24) is 0 Å². The zero-order valence-electron chi connectivity index (χ0n) is 11.8. The van der Waals surface area contributed by atoms with Crippen molar-refractivity contribution >= 4 is 11.5 Å². The van der Waals surface area contributed by atoms with E-state index >= 15 is 0 Å². The number of esters is 1. The maximum Gasteiger partial charge on any atom is 0.334 e. The second-order valence-electron chi connectivity index (χ2n) is 4.73. The van der Waals surface area contributed by atoms with Gasteiger partial charge in [0.05, 0.1) is 0 Å². The second kappa shape index (κ2) is 5.74. The maximum atomic E-state index is 11.9. The molecule has 102 valence electrons. The summed E-state index contributed by atoms with van der Waals surface area (Å²) in [6, 6.07) is 7.91. The molecule has 0 heterocycles. The van der Waals surface area contributed by atoms with Gasteiger partial charge in [-0.3, -0.25) is 0 Å². The molecule has 0 fully saturated rings. The normalized spacial score (nSPS) is 17.2. The number of carbonyl (C=O) groups excluding carboxylic acids is 1. The Hall–Kier alpha value is -2.35. The smallest absolute Gasteiger partial charge is 0.334 e. The van der Waals surface area contributed by atoms with E-state index in [1.54, 1.807) is 6.92 Å². The minimum absolute atomic E-state index is 0.378. The average molecular weight is 266 g/mol. The van der Waals surface area contributed by atoms with Crippen LogP contribution in [0.25, 0.3) is 5.57 Å². The van der Waals surface area contributed by atoms with Crippen LogP contribution >= 0.6 is 0 Å². The molecule has 0 radical (unpaired) electrons. The van der Waals surface area contributed by atoms with Crippen LogP contribution in [0.5, 0.6) is 0 Å². The maximum absolute atomic E-state index is 11.9. The van der Waals surface area contributed by atoms with Gasteiger partial charge in [-0.15, -0.1) is 0 Å². The molecule has 1 aliphatic carbocycles. The Kier molecular flexibility index (Phi) is 4.04. The lowest BCUT2D eigenvalue weighted by atomic mass is 10.1. The number of benzene rings is 1. The summed E-state index contributed by atoms with van der Waals surface area (Å²) in [5, 5.41) is 0. The molecule has 1 aliphatic rings. The van der Waals surface area contributed by atoms with Crippen molar-refractivity contribution in [3.05, 3.63) is 77.9 Å². The predicted molar refractivity (Wildman–Crippen MR) is 82.0 cm³/mol. The summed E-state index contributed by atoms with van der Waals surface area (Å²) in [5.74, 6) is -0.378. The third kappa shape index (κ3) is 2.37.